The molecule has 0 aromatic heterocycles. The highest BCUT2D eigenvalue weighted by molar-refractivity contribution is 7.99. The lowest BCUT2D eigenvalue weighted by Crippen LogP contribution is -2.36. The first kappa shape index (κ1) is 21.9. The summed E-state index contributed by atoms with van der Waals surface area (Å²) in [5.74, 6) is 0.328. The molecule has 1 fully saturated rings. The Hall–Kier alpha value is -2.84. The Labute approximate surface area is 182 Å². The van der Waals surface area contributed by atoms with Crippen LogP contribution < -0.4 is 5.32 Å². The van der Waals surface area contributed by atoms with Crippen LogP contribution in [0.5, 0.6) is 0 Å². The highest BCUT2D eigenvalue weighted by atomic mass is 32.2. The van der Waals surface area contributed by atoms with Gasteiger partial charge in [0.05, 0.1) is 35.7 Å². The molecule has 30 heavy (non-hydrogen) atoms. The van der Waals surface area contributed by atoms with E-state index in [1.54, 1.807) is 0 Å². The van der Waals surface area contributed by atoms with E-state index >= 15 is 0 Å². The van der Waals surface area contributed by atoms with Crippen molar-refractivity contribution < 1.29 is 4.79 Å². The molecular formula is C23H25N5OS. The summed E-state index contributed by atoms with van der Waals surface area (Å²) in [6.45, 7) is 4.85. The Morgan fingerprint density at radius 2 is 1.73 bits per heavy atom. The molecule has 2 aromatic rings. The molecule has 3 rings (SSSR count). The zero-order valence-corrected chi connectivity index (χ0v) is 17.7. The topological polar surface area (TPSA) is 83.2 Å². The number of nitriles is 2. The van der Waals surface area contributed by atoms with Gasteiger partial charge in [0, 0.05) is 24.5 Å². The van der Waals surface area contributed by atoms with Crippen molar-refractivity contribution in [3.8, 4) is 12.1 Å². The fraction of sp³-hybridized carbons (Fsp3) is 0.348. The van der Waals surface area contributed by atoms with Crippen LogP contribution in [0.25, 0.3) is 0 Å². The molecule has 0 bridgehead atoms. The number of nitrogens with one attached hydrogen (secondary N) is 1. The van der Waals surface area contributed by atoms with Gasteiger partial charge in [-0.2, -0.15) is 10.5 Å². The van der Waals surface area contributed by atoms with Gasteiger partial charge in [0.1, 0.15) is 0 Å². The number of benzene rings is 2. The van der Waals surface area contributed by atoms with Crippen molar-refractivity contribution in [3.05, 3.63) is 59.7 Å². The van der Waals surface area contributed by atoms with E-state index in [1.807, 2.05) is 48.5 Å². The van der Waals surface area contributed by atoms with Gasteiger partial charge in [-0.15, -0.1) is 11.8 Å². The van der Waals surface area contributed by atoms with Crippen LogP contribution in [0.4, 0.5) is 5.69 Å². The van der Waals surface area contributed by atoms with E-state index in [4.69, 9.17) is 10.5 Å². The van der Waals surface area contributed by atoms with Crippen molar-refractivity contribution in [2.75, 3.05) is 43.8 Å². The van der Waals surface area contributed by atoms with Gasteiger partial charge in [-0.1, -0.05) is 24.3 Å². The fourth-order valence-electron chi connectivity index (χ4n) is 3.48. The third kappa shape index (κ3) is 6.60. The summed E-state index contributed by atoms with van der Waals surface area (Å²) < 4.78 is 0. The van der Waals surface area contributed by atoms with Crippen molar-refractivity contribution in [2.24, 2.45) is 0 Å². The minimum absolute atomic E-state index is 0.0273. The minimum atomic E-state index is -0.0273. The smallest absolute Gasteiger partial charge is 0.238 e. The molecule has 154 valence electrons. The van der Waals surface area contributed by atoms with Crippen LogP contribution in [0.2, 0.25) is 0 Å². The second-order valence-corrected chi connectivity index (χ2v) is 8.22. The number of amides is 1. The minimum Gasteiger partial charge on any atom is -0.324 e. The zero-order valence-electron chi connectivity index (χ0n) is 16.9. The molecule has 0 saturated carbocycles. The number of para-hydroxylation sites is 1. The molecule has 1 aliphatic heterocycles. The lowest BCUT2D eigenvalue weighted by Gasteiger charge is -2.21. The Kier molecular flexibility index (Phi) is 8.29. The predicted octanol–water partition coefficient (Wildman–Crippen LogP) is 3.32. The summed E-state index contributed by atoms with van der Waals surface area (Å²) in [6, 6.07) is 19.6. The Morgan fingerprint density at radius 1 is 1.00 bits per heavy atom. The molecule has 0 unspecified atom stereocenters. The van der Waals surface area contributed by atoms with Crippen LogP contribution in [0.15, 0.2) is 53.4 Å². The van der Waals surface area contributed by atoms with Gasteiger partial charge in [0.15, 0.2) is 0 Å². The van der Waals surface area contributed by atoms with Crippen molar-refractivity contribution in [3.63, 3.8) is 0 Å². The average Bonchev–Trinajstić information content (AvgIpc) is 2.98. The molecular weight excluding hydrogens is 394 g/mol. The molecule has 0 aliphatic carbocycles. The summed E-state index contributed by atoms with van der Waals surface area (Å²) in [5, 5.41) is 20.7. The van der Waals surface area contributed by atoms with E-state index in [0.29, 0.717) is 17.9 Å². The quantitative estimate of drug-likeness (QED) is 0.693. The molecule has 0 spiro atoms. The number of nitrogens with zero attached hydrogens (tertiary/aromatic N) is 4. The van der Waals surface area contributed by atoms with Crippen LogP contribution in [0.3, 0.4) is 0 Å². The second-order valence-electron chi connectivity index (χ2n) is 7.21. The van der Waals surface area contributed by atoms with Crippen LogP contribution in [-0.4, -0.2) is 54.2 Å². The molecule has 1 heterocycles. The molecule has 7 heteroatoms. The maximum absolute atomic E-state index is 12.6. The van der Waals surface area contributed by atoms with Gasteiger partial charge >= 0.3 is 0 Å². The molecule has 1 saturated heterocycles. The lowest BCUT2D eigenvalue weighted by atomic mass is 10.1. The van der Waals surface area contributed by atoms with Gasteiger partial charge in [-0.3, -0.25) is 14.6 Å². The molecule has 1 amide bonds. The van der Waals surface area contributed by atoms with Crippen LogP contribution in [0.1, 0.15) is 17.5 Å². The van der Waals surface area contributed by atoms with Gasteiger partial charge < -0.3 is 5.32 Å². The van der Waals surface area contributed by atoms with E-state index in [0.717, 1.165) is 49.7 Å². The first-order chi connectivity index (χ1) is 14.7. The lowest BCUT2D eigenvalue weighted by molar-refractivity contribution is -0.117. The molecule has 2 aromatic carbocycles. The molecule has 6 nitrogen and oxygen atoms in total. The summed E-state index contributed by atoms with van der Waals surface area (Å²) in [6.07, 6.45) is 1.01. The van der Waals surface area contributed by atoms with E-state index in [1.165, 1.54) is 17.3 Å². The first-order valence-corrected chi connectivity index (χ1v) is 11.0. The van der Waals surface area contributed by atoms with Crippen molar-refractivity contribution in [1.29, 1.82) is 10.5 Å². The van der Waals surface area contributed by atoms with Gasteiger partial charge in [0.25, 0.3) is 0 Å². The van der Waals surface area contributed by atoms with Gasteiger partial charge in [-0.25, -0.2) is 0 Å². The second kappa shape index (κ2) is 11.4. The highest BCUT2D eigenvalue weighted by Crippen LogP contribution is 2.26. The van der Waals surface area contributed by atoms with Crippen LogP contribution >= 0.6 is 11.8 Å². The first-order valence-electron chi connectivity index (χ1n) is 10.0. The zero-order chi connectivity index (χ0) is 21.2. The predicted molar refractivity (Wildman–Crippen MR) is 119 cm³/mol. The monoisotopic (exact) mass is 419 g/mol. The maximum atomic E-state index is 12.6. The largest absolute Gasteiger partial charge is 0.324 e. The number of carbonyl (C=O) groups is 1. The highest BCUT2D eigenvalue weighted by Gasteiger charge is 2.18. The fourth-order valence-corrected chi connectivity index (χ4v) is 4.15. The molecule has 1 N–H and O–H groups in total. The summed E-state index contributed by atoms with van der Waals surface area (Å²) in [4.78, 5) is 18.1. The number of thioether (sulfide) groups is 1. The number of carbonyl (C=O) groups excluding carboxylic acids is 1. The van der Waals surface area contributed by atoms with Crippen molar-refractivity contribution in [1.82, 2.24) is 9.80 Å². The summed E-state index contributed by atoms with van der Waals surface area (Å²) in [5.41, 5.74) is 2.64. The van der Waals surface area contributed by atoms with Gasteiger partial charge in [0.2, 0.25) is 5.91 Å². The van der Waals surface area contributed by atoms with E-state index in [-0.39, 0.29) is 5.91 Å². The molecule has 0 atom stereocenters. The molecule has 1 aliphatic rings. The van der Waals surface area contributed by atoms with Crippen LogP contribution in [0, 0.1) is 22.7 Å². The number of rotatable bonds is 7. The third-order valence-corrected chi connectivity index (χ3v) is 5.93. The van der Waals surface area contributed by atoms with Crippen molar-refractivity contribution in [2.45, 2.75) is 17.9 Å². The average molecular weight is 420 g/mol. The number of anilines is 1. The molecule has 0 radical (unpaired) electrons. The third-order valence-electron chi connectivity index (χ3n) is 4.99. The number of hydrogen-bond donors (Lipinski definition) is 1. The normalized spacial score (nSPS) is 15.0. The van der Waals surface area contributed by atoms with Crippen LogP contribution in [-0.2, 0) is 11.3 Å². The summed E-state index contributed by atoms with van der Waals surface area (Å²) in [7, 11) is 0. The SMILES string of the molecule is N#CCSc1ccccc1NC(=O)CN1CCCN(Cc2ccc(C#N)cc2)CC1. The summed E-state index contributed by atoms with van der Waals surface area (Å²) >= 11 is 1.43. The van der Waals surface area contributed by atoms with E-state index in [9.17, 15) is 4.79 Å². The number of hydrogen-bond acceptors (Lipinski definition) is 6. The maximum Gasteiger partial charge on any atom is 0.238 e. The van der Waals surface area contributed by atoms with Crippen molar-refractivity contribution >= 4 is 23.4 Å². The Morgan fingerprint density at radius 3 is 2.50 bits per heavy atom. The van der Waals surface area contributed by atoms with Gasteiger partial charge in [-0.05, 0) is 49.3 Å². The Bertz CT molecular complexity index is 932. The van der Waals surface area contributed by atoms with E-state index in [2.05, 4.69) is 27.3 Å². The standard InChI is InChI=1S/C23H25N5OS/c24-10-15-30-22-5-2-1-4-21(22)26-23(29)18-28-12-3-11-27(13-14-28)17-20-8-6-19(16-25)7-9-20/h1-2,4-9H,3,11-15,17-18H2,(H,26,29). The Balaban J connectivity index is 1.49. The van der Waals surface area contributed by atoms with E-state index < -0.39 is 0 Å².